The van der Waals surface area contributed by atoms with E-state index >= 15 is 0 Å². The maximum Gasteiger partial charge on any atom is 0.0590 e. The van der Waals surface area contributed by atoms with E-state index in [9.17, 15) is 0 Å². The van der Waals surface area contributed by atoms with Crippen LogP contribution in [0.3, 0.4) is 0 Å². The summed E-state index contributed by atoms with van der Waals surface area (Å²) in [6.07, 6.45) is 13.4. The van der Waals surface area contributed by atoms with E-state index in [4.69, 9.17) is 4.74 Å². The molecule has 1 atom stereocenters. The van der Waals surface area contributed by atoms with Crippen molar-refractivity contribution in [3.63, 3.8) is 0 Å². The minimum Gasteiger partial charge on any atom is -0.380 e. The van der Waals surface area contributed by atoms with Crippen LogP contribution in [0.5, 0.6) is 0 Å². The van der Waals surface area contributed by atoms with E-state index in [0.717, 1.165) is 19.8 Å². The van der Waals surface area contributed by atoms with E-state index in [1.807, 2.05) is 0 Å². The van der Waals surface area contributed by atoms with Crippen LogP contribution in [0, 0.1) is 0 Å². The highest BCUT2D eigenvalue weighted by Gasteiger charge is 1.99. The van der Waals surface area contributed by atoms with Gasteiger partial charge in [-0.25, -0.2) is 0 Å². The first kappa shape index (κ1) is 18.9. The molecule has 0 rings (SSSR count). The topological polar surface area (TPSA) is 21.3 Å². The van der Waals surface area contributed by atoms with Crippen LogP contribution in [0.4, 0.5) is 0 Å². The lowest BCUT2D eigenvalue weighted by molar-refractivity contribution is 0.129. The molecule has 0 aromatic heterocycles. The van der Waals surface area contributed by atoms with E-state index in [1.54, 1.807) is 0 Å². The second-order valence-electron chi connectivity index (χ2n) is 5.73. The van der Waals surface area contributed by atoms with Crippen LogP contribution < -0.4 is 5.32 Å². The Morgan fingerprint density at radius 1 is 0.789 bits per heavy atom. The van der Waals surface area contributed by atoms with Gasteiger partial charge in [0.15, 0.2) is 0 Å². The Morgan fingerprint density at radius 3 is 2.16 bits per heavy atom. The molecule has 2 heteroatoms. The van der Waals surface area contributed by atoms with Gasteiger partial charge in [0.1, 0.15) is 0 Å². The van der Waals surface area contributed by atoms with Crippen molar-refractivity contribution in [1.82, 2.24) is 5.32 Å². The molecule has 116 valence electrons. The number of rotatable bonds is 15. The van der Waals surface area contributed by atoms with Gasteiger partial charge in [-0.15, -0.1) is 0 Å². The van der Waals surface area contributed by atoms with Crippen molar-refractivity contribution in [1.29, 1.82) is 0 Å². The van der Waals surface area contributed by atoms with Gasteiger partial charge in [-0.3, -0.25) is 0 Å². The maximum absolute atomic E-state index is 5.65. The van der Waals surface area contributed by atoms with Crippen LogP contribution in [0.15, 0.2) is 0 Å². The Balaban J connectivity index is 3.05. The summed E-state index contributed by atoms with van der Waals surface area (Å²) in [4.78, 5) is 0. The molecule has 0 bridgehead atoms. The van der Waals surface area contributed by atoms with Gasteiger partial charge in [-0.2, -0.15) is 0 Å². The minimum absolute atomic E-state index is 0.643. The zero-order valence-electron chi connectivity index (χ0n) is 13.7. The molecule has 1 unspecified atom stereocenters. The van der Waals surface area contributed by atoms with Gasteiger partial charge in [0.25, 0.3) is 0 Å². The van der Waals surface area contributed by atoms with Gasteiger partial charge < -0.3 is 10.1 Å². The molecule has 0 spiro atoms. The molecule has 0 heterocycles. The molecule has 19 heavy (non-hydrogen) atoms. The molecule has 0 saturated carbocycles. The van der Waals surface area contributed by atoms with E-state index in [0.29, 0.717) is 6.04 Å². The Morgan fingerprint density at radius 2 is 1.42 bits per heavy atom. The molecule has 0 radical (unpaired) electrons. The standard InChI is InChI=1S/C17H37NO/c1-4-6-8-9-10-12-15-19-16-14-18-17(3)13-11-7-5-2/h17-18H,4-16H2,1-3H3. The van der Waals surface area contributed by atoms with E-state index < -0.39 is 0 Å². The first-order chi connectivity index (χ1) is 9.31. The first-order valence-corrected chi connectivity index (χ1v) is 8.62. The van der Waals surface area contributed by atoms with Crippen LogP contribution in [-0.4, -0.2) is 25.8 Å². The fraction of sp³-hybridized carbons (Fsp3) is 1.00. The summed E-state index contributed by atoms with van der Waals surface area (Å²) < 4.78 is 5.65. The summed E-state index contributed by atoms with van der Waals surface area (Å²) in [6, 6.07) is 0.643. The van der Waals surface area contributed by atoms with E-state index in [-0.39, 0.29) is 0 Å². The lowest BCUT2D eigenvalue weighted by Gasteiger charge is -2.13. The normalized spacial score (nSPS) is 12.8. The number of nitrogens with one attached hydrogen (secondary N) is 1. The number of hydrogen-bond acceptors (Lipinski definition) is 2. The van der Waals surface area contributed by atoms with Crippen molar-refractivity contribution >= 4 is 0 Å². The van der Waals surface area contributed by atoms with Gasteiger partial charge in [-0.1, -0.05) is 65.2 Å². The Kier molecular flexibility index (Phi) is 15.9. The van der Waals surface area contributed by atoms with E-state index in [2.05, 4.69) is 26.1 Å². The van der Waals surface area contributed by atoms with E-state index in [1.165, 1.54) is 64.2 Å². The second kappa shape index (κ2) is 16.0. The van der Waals surface area contributed by atoms with Gasteiger partial charge in [0, 0.05) is 19.2 Å². The summed E-state index contributed by atoms with van der Waals surface area (Å²) in [5.74, 6) is 0. The smallest absolute Gasteiger partial charge is 0.0590 e. The number of unbranched alkanes of at least 4 members (excludes halogenated alkanes) is 7. The van der Waals surface area contributed by atoms with Crippen LogP contribution in [0.25, 0.3) is 0 Å². The summed E-state index contributed by atoms with van der Waals surface area (Å²) in [6.45, 7) is 9.62. The van der Waals surface area contributed by atoms with Crippen molar-refractivity contribution in [3.8, 4) is 0 Å². The highest BCUT2D eigenvalue weighted by molar-refractivity contribution is 4.60. The number of hydrogen-bond donors (Lipinski definition) is 1. The minimum atomic E-state index is 0.643. The van der Waals surface area contributed by atoms with Crippen LogP contribution in [0.2, 0.25) is 0 Å². The van der Waals surface area contributed by atoms with Crippen molar-refractivity contribution in [2.45, 2.75) is 91.0 Å². The predicted octanol–water partition coefficient (Wildman–Crippen LogP) is 4.92. The monoisotopic (exact) mass is 271 g/mol. The predicted molar refractivity (Wildman–Crippen MR) is 85.8 cm³/mol. The van der Waals surface area contributed by atoms with Gasteiger partial charge in [0.2, 0.25) is 0 Å². The summed E-state index contributed by atoms with van der Waals surface area (Å²) >= 11 is 0. The van der Waals surface area contributed by atoms with Crippen molar-refractivity contribution in [2.75, 3.05) is 19.8 Å². The highest BCUT2D eigenvalue weighted by atomic mass is 16.5. The third-order valence-electron chi connectivity index (χ3n) is 3.62. The van der Waals surface area contributed by atoms with Gasteiger partial charge >= 0.3 is 0 Å². The summed E-state index contributed by atoms with van der Waals surface area (Å²) in [5, 5.41) is 3.54. The molecule has 0 aliphatic heterocycles. The quantitative estimate of drug-likeness (QED) is 0.427. The summed E-state index contributed by atoms with van der Waals surface area (Å²) in [5.41, 5.74) is 0. The average molecular weight is 271 g/mol. The molecule has 0 aromatic rings. The maximum atomic E-state index is 5.65. The van der Waals surface area contributed by atoms with Crippen molar-refractivity contribution in [2.24, 2.45) is 0 Å². The highest BCUT2D eigenvalue weighted by Crippen LogP contribution is 2.05. The zero-order valence-corrected chi connectivity index (χ0v) is 13.7. The molecule has 2 nitrogen and oxygen atoms in total. The first-order valence-electron chi connectivity index (χ1n) is 8.62. The molecule has 0 fully saturated rings. The van der Waals surface area contributed by atoms with Crippen molar-refractivity contribution < 1.29 is 4.74 Å². The van der Waals surface area contributed by atoms with Crippen LogP contribution in [0.1, 0.15) is 85.0 Å². The van der Waals surface area contributed by atoms with Crippen molar-refractivity contribution in [3.05, 3.63) is 0 Å². The SMILES string of the molecule is CCCCCCCCOCCNC(C)CCCCC. The lowest BCUT2D eigenvalue weighted by atomic mass is 10.1. The second-order valence-corrected chi connectivity index (χ2v) is 5.73. The lowest BCUT2D eigenvalue weighted by Crippen LogP contribution is -2.29. The molecule has 0 aromatic carbocycles. The third-order valence-corrected chi connectivity index (χ3v) is 3.62. The zero-order chi connectivity index (χ0) is 14.2. The Hall–Kier alpha value is -0.0800. The fourth-order valence-electron chi connectivity index (χ4n) is 2.27. The van der Waals surface area contributed by atoms with Gasteiger partial charge in [0.05, 0.1) is 6.61 Å². The molecular formula is C17H37NO. The fourth-order valence-corrected chi connectivity index (χ4v) is 2.27. The molecule has 0 aliphatic carbocycles. The average Bonchev–Trinajstić information content (AvgIpc) is 2.41. The molecule has 1 N–H and O–H groups in total. The largest absolute Gasteiger partial charge is 0.380 e. The Bertz CT molecular complexity index is 161. The number of ether oxygens (including phenoxy) is 1. The molecule has 0 saturated heterocycles. The molecular weight excluding hydrogens is 234 g/mol. The Labute approximate surface area is 121 Å². The summed E-state index contributed by atoms with van der Waals surface area (Å²) in [7, 11) is 0. The van der Waals surface area contributed by atoms with Crippen LogP contribution >= 0.6 is 0 Å². The molecule has 0 aliphatic rings. The molecule has 0 amide bonds. The van der Waals surface area contributed by atoms with Gasteiger partial charge in [-0.05, 0) is 19.8 Å². The third kappa shape index (κ3) is 15.9. The van der Waals surface area contributed by atoms with Crippen LogP contribution in [-0.2, 0) is 4.74 Å².